The quantitative estimate of drug-likeness (QED) is 0.0857. The number of hydrogen-bond acceptors (Lipinski definition) is 19. The Bertz CT molecular complexity index is 3180. The molecule has 0 spiro atoms. The van der Waals surface area contributed by atoms with Gasteiger partial charge in [-0.15, -0.1) is 0 Å². The molecular formula is C45H49F2IN12O11S2V. The molecule has 4 aliphatic heterocycles. The predicted octanol–water partition coefficient (Wildman–Crippen LogP) is 1.88. The summed E-state index contributed by atoms with van der Waals surface area (Å²) in [6.45, 7) is 1.55. The molecule has 4 aromatic heterocycles. The summed E-state index contributed by atoms with van der Waals surface area (Å²) in [4.78, 5) is 110. The van der Waals surface area contributed by atoms with E-state index in [1.807, 2.05) is 4.93 Å². The van der Waals surface area contributed by atoms with Gasteiger partial charge in [0, 0.05) is 63.3 Å². The molecule has 2 atom stereocenters. The van der Waals surface area contributed by atoms with Crippen molar-refractivity contribution in [1.29, 1.82) is 0 Å². The van der Waals surface area contributed by atoms with Crippen LogP contribution in [0.4, 0.5) is 30.0 Å². The van der Waals surface area contributed by atoms with Gasteiger partial charge in [0.05, 0.1) is 72.8 Å². The van der Waals surface area contributed by atoms with Crippen molar-refractivity contribution in [3.8, 4) is 11.8 Å². The molecule has 23 nitrogen and oxygen atoms in total. The molecule has 0 aliphatic carbocycles. The number of alkyl halides is 1. The first-order chi connectivity index (χ1) is 34.2. The van der Waals surface area contributed by atoms with Gasteiger partial charge >= 0.3 is 12.2 Å². The van der Waals surface area contributed by atoms with Crippen LogP contribution in [0.1, 0.15) is 22.5 Å². The number of hydrogen-bond donors (Lipinski definition) is 2. The summed E-state index contributed by atoms with van der Waals surface area (Å²) in [5, 5.41) is 3.17. The normalized spacial score (nSPS) is 16.1. The molecule has 6 aromatic rings. The summed E-state index contributed by atoms with van der Waals surface area (Å²) in [6.07, 6.45) is 4.48. The van der Waals surface area contributed by atoms with Crippen molar-refractivity contribution >= 4 is 113 Å². The van der Waals surface area contributed by atoms with Crippen molar-refractivity contribution in [2.45, 2.75) is 37.9 Å². The Morgan fingerprint density at radius 2 is 1.16 bits per heavy atom. The second-order valence-electron chi connectivity index (χ2n) is 15.9. The van der Waals surface area contributed by atoms with Crippen LogP contribution in [0.2, 0.25) is 0 Å². The number of nitrogens with zero attached hydrogens (tertiary/aromatic N) is 10. The zero-order valence-electron chi connectivity index (χ0n) is 39.8. The van der Waals surface area contributed by atoms with Crippen LogP contribution in [0, 0.1) is 11.6 Å². The SMILES string of the molecule is CI.Cn1c(=O)cnc2ccc(F)c(CC=O)c21.Cn1c(=O)cnc2ccc(F)c(CCNC[C@H]3CN(c4cnc5c(n4)CC(=O)CO5)C(=O)O3)c21.NC[C@H]1CN(c2cnc3c(n2)CC(=O)CO3)C(=O)O1.S.S.[V]. The summed E-state index contributed by atoms with van der Waals surface area (Å²) in [5.41, 5.74) is 8.13. The number of nitrogens with two attached hydrogens (primary N) is 1. The Kier molecular flexibility index (Phi) is 22.3. The Labute approximate surface area is 459 Å². The van der Waals surface area contributed by atoms with Crippen molar-refractivity contribution in [2.24, 2.45) is 19.8 Å². The van der Waals surface area contributed by atoms with E-state index in [1.54, 1.807) is 13.1 Å². The fraction of sp³-hybridized carbons (Fsp3) is 0.356. The molecule has 0 unspecified atom stereocenters. The van der Waals surface area contributed by atoms with E-state index in [2.05, 4.69) is 57.8 Å². The predicted molar refractivity (Wildman–Crippen MR) is 278 cm³/mol. The number of aryl methyl sites for hydroxylation is 2. The molecule has 29 heteroatoms. The number of rotatable bonds is 10. The zero-order valence-corrected chi connectivity index (χ0v) is 45.3. The minimum absolute atomic E-state index is 0. The first-order valence-corrected chi connectivity index (χ1v) is 23.8. The number of amides is 2. The summed E-state index contributed by atoms with van der Waals surface area (Å²) < 4.78 is 51.5. The average molecular weight is 1210 g/mol. The Hall–Kier alpha value is -6.18. The number of fused-ring (bicyclic) bond motifs is 4. The maximum atomic E-state index is 14.5. The number of carbonyl (C=O) groups excluding carboxylic acids is 5. The maximum absolute atomic E-state index is 14.5. The van der Waals surface area contributed by atoms with E-state index in [-0.39, 0.29) is 131 Å². The van der Waals surface area contributed by atoms with Gasteiger partial charge in [-0.2, -0.15) is 27.0 Å². The summed E-state index contributed by atoms with van der Waals surface area (Å²) in [5.74, 6) is 0.181. The largest absolute Gasteiger partial charge is 0.468 e. The fourth-order valence-electron chi connectivity index (χ4n) is 7.75. The van der Waals surface area contributed by atoms with Gasteiger partial charge in [0.25, 0.3) is 11.1 Å². The average Bonchev–Trinajstić information content (AvgIpc) is 3.95. The van der Waals surface area contributed by atoms with Gasteiger partial charge in [-0.1, -0.05) is 22.6 Å². The Balaban J connectivity index is 0.000000252. The molecule has 2 fully saturated rings. The van der Waals surface area contributed by atoms with Crippen LogP contribution in [0.3, 0.4) is 0 Å². The third-order valence-corrected chi connectivity index (χ3v) is 11.2. The second kappa shape index (κ2) is 27.4. The van der Waals surface area contributed by atoms with Gasteiger partial charge in [-0.3, -0.25) is 29.0 Å². The van der Waals surface area contributed by atoms with Crippen LogP contribution in [-0.4, -0.2) is 132 Å². The summed E-state index contributed by atoms with van der Waals surface area (Å²) in [6, 6.07) is 5.61. The van der Waals surface area contributed by atoms with Crippen LogP contribution < -0.4 is 41.4 Å². The summed E-state index contributed by atoms with van der Waals surface area (Å²) in [7, 11) is 3.11. The Morgan fingerprint density at radius 3 is 1.64 bits per heavy atom. The van der Waals surface area contributed by atoms with Crippen LogP contribution >= 0.6 is 49.6 Å². The first-order valence-electron chi connectivity index (χ1n) is 21.7. The van der Waals surface area contributed by atoms with E-state index in [4.69, 9.17) is 24.7 Å². The fourth-order valence-corrected chi connectivity index (χ4v) is 7.75. The molecule has 74 heavy (non-hydrogen) atoms. The summed E-state index contributed by atoms with van der Waals surface area (Å²) >= 11 is 2.15. The number of aromatic nitrogens is 8. The first kappa shape index (κ1) is 60.4. The van der Waals surface area contributed by atoms with Crippen LogP contribution in [0.15, 0.2) is 58.6 Å². The molecule has 3 N–H and O–H groups in total. The molecule has 10 rings (SSSR count). The zero-order chi connectivity index (χ0) is 50.9. The van der Waals surface area contributed by atoms with E-state index in [0.717, 1.165) is 0 Å². The molecular weight excluding hydrogens is 1160 g/mol. The van der Waals surface area contributed by atoms with Gasteiger partial charge in [0.15, 0.2) is 23.2 Å². The van der Waals surface area contributed by atoms with Gasteiger partial charge in [0.2, 0.25) is 11.8 Å². The minimum Gasteiger partial charge on any atom is -0.468 e. The molecule has 0 saturated carbocycles. The van der Waals surface area contributed by atoms with Crippen LogP contribution in [0.25, 0.3) is 22.1 Å². The van der Waals surface area contributed by atoms with Crippen molar-refractivity contribution in [1.82, 2.24) is 44.4 Å². The number of ketones is 2. The Morgan fingerprint density at radius 1 is 0.703 bits per heavy atom. The van der Waals surface area contributed by atoms with Crippen LogP contribution in [0.5, 0.6) is 11.8 Å². The molecule has 393 valence electrons. The molecule has 2 saturated heterocycles. The number of cyclic esters (lactones) is 2. The number of ether oxygens (including phenoxy) is 4. The molecule has 0 bridgehead atoms. The van der Waals surface area contributed by atoms with E-state index in [9.17, 15) is 42.3 Å². The van der Waals surface area contributed by atoms with Gasteiger partial charge in [0.1, 0.15) is 54.7 Å². The molecule has 8 heterocycles. The molecule has 2 amide bonds. The van der Waals surface area contributed by atoms with Crippen molar-refractivity contribution in [3.05, 3.63) is 104 Å². The number of benzene rings is 2. The van der Waals surface area contributed by atoms with Gasteiger partial charge in [-0.05, 0) is 42.2 Å². The standard InChI is InChI=1S/C22H21FN6O5.C11H9FN2O2.C11H12N4O4.CH3I.2H2S.V/c1-28-19(31)9-25-16-3-2-15(23)14(20(16)28)4-5-24-7-13-10-29(22(32)34-13)18-8-26-21-17(27-18)6-12(30)11-33-21;1-14-10(16)6-13-9-3-2-8(12)7(4-5-15)11(9)14;12-2-7-4-15(11(17)19-7)9-3-13-10-8(14-9)1-6(16)5-18-10;1-2;;;/h2-3,8-9,13,24H,4-7,10-11H2,1H3;2-3,5-6H,4H2,1H3;3,7H,1-2,4-5,12H2;1H3;2*1H2;/t13-;;7-;;;;/m0.0..../s1. The number of aldehydes is 1. The number of nitrogens with one attached hydrogen (secondary N) is 1. The van der Waals surface area contributed by atoms with Crippen LogP contribution in [-0.2, 0) is 82.2 Å². The number of Topliss-reactive ketones (excluding diaryl/α,β-unsaturated/α-hetero) is 2. The monoisotopic (exact) mass is 1210 g/mol. The maximum Gasteiger partial charge on any atom is 0.416 e. The minimum atomic E-state index is -0.565. The van der Waals surface area contributed by atoms with Gasteiger partial charge in [-0.25, -0.2) is 48.3 Å². The van der Waals surface area contributed by atoms with Gasteiger partial charge < -0.3 is 43.9 Å². The third-order valence-electron chi connectivity index (χ3n) is 11.2. The second-order valence-corrected chi connectivity index (χ2v) is 15.9. The molecule has 2 aromatic carbocycles. The van der Waals surface area contributed by atoms with E-state index in [0.29, 0.717) is 88.9 Å². The molecule has 1 radical (unpaired) electrons. The number of carbonyl (C=O) groups is 5. The number of halogens is 3. The third kappa shape index (κ3) is 13.8. The van der Waals surface area contributed by atoms with E-state index >= 15 is 0 Å². The topological polar surface area (TPSA) is 288 Å². The van der Waals surface area contributed by atoms with E-state index < -0.39 is 29.9 Å². The van der Waals surface area contributed by atoms with Crippen molar-refractivity contribution < 1.29 is 70.3 Å². The van der Waals surface area contributed by atoms with Crippen molar-refractivity contribution in [3.63, 3.8) is 0 Å². The van der Waals surface area contributed by atoms with E-state index in [1.165, 1.54) is 69.0 Å². The number of anilines is 2. The smallest absolute Gasteiger partial charge is 0.416 e. The molecule has 4 aliphatic rings. The van der Waals surface area contributed by atoms with Crippen molar-refractivity contribution in [2.75, 3.05) is 60.7 Å².